The molecule has 1 heterocycles. The van der Waals surface area contributed by atoms with E-state index in [0.717, 1.165) is 16.5 Å². The van der Waals surface area contributed by atoms with Crippen molar-refractivity contribution in [3.63, 3.8) is 0 Å². The van der Waals surface area contributed by atoms with Crippen LogP contribution in [0.25, 0.3) is 10.9 Å². The first-order chi connectivity index (χ1) is 7.91. The SMILES string of the molecule is CC(C)(C)c1c(C(=O)O)nnc2ccccc12. The lowest BCUT2D eigenvalue weighted by Gasteiger charge is -2.22. The summed E-state index contributed by atoms with van der Waals surface area (Å²) < 4.78 is 0. The first-order valence-electron chi connectivity index (χ1n) is 5.40. The minimum absolute atomic E-state index is 0.0381. The molecule has 0 bridgehead atoms. The van der Waals surface area contributed by atoms with Gasteiger partial charge in [0.1, 0.15) is 0 Å². The third-order valence-corrected chi connectivity index (χ3v) is 2.62. The van der Waals surface area contributed by atoms with E-state index < -0.39 is 5.97 Å². The number of hydrogen-bond acceptors (Lipinski definition) is 3. The maximum atomic E-state index is 11.2. The van der Waals surface area contributed by atoms with Crippen LogP contribution in [-0.2, 0) is 5.41 Å². The number of aromatic nitrogens is 2. The Balaban J connectivity index is 2.90. The van der Waals surface area contributed by atoms with Crippen molar-refractivity contribution < 1.29 is 9.90 Å². The molecule has 2 rings (SSSR count). The number of carboxylic acid groups (broad SMARTS) is 1. The van der Waals surface area contributed by atoms with E-state index in [9.17, 15) is 9.90 Å². The molecule has 0 aliphatic rings. The summed E-state index contributed by atoms with van der Waals surface area (Å²) in [5.74, 6) is -1.03. The fourth-order valence-electron chi connectivity index (χ4n) is 1.96. The average molecular weight is 230 g/mol. The Morgan fingerprint density at radius 2 is 1.82 bits per heavy atom. The molecule has 2 aromatic rings. The van der Waals surface area contributed by atoms with Gasteiger partial charge in [0.2, 0.25) is 0 Å². The number of carbonyl (C=O) groups is 1. The van der Waals surface area contributed by atoms with Crippen LogP contribution < -0.4 is 0 Å². The van der Waals surface area contributed by atoms with Gasteiger partial charge in [-0.3, -0.25) is 0 Å². The monoisotopic (exact) mass is 230 g/mol. The highest BCUT2D eigenvalue weighted by Gasteiger charge is 2.26. The van der Waals surface area contributed by atoms with E-state index in [2.05, 4.69) is 10.2 Å². The second kappa shape index (κ2) is 3.80. The summed E-state index contributed by atoms with van der Waals surface area (Å²) in [5.41, 5.74) is 1.21. The molecule has 0 radical (unpaired) electrons. The molecule has 0 spiro atoms. The van der Waals surface area contributed by atoms with E-state index in [1.54, 1.807) is 0 Å². The lowest BCUT2D eigenvalue weighted by molar-refractivity contribution is 0.0686. The second-order valence-corrected chi connectivity index (χ2v) is 5.00. The molecule has 0 aliphatic heterocycles. The molecule has 1 aromatic carbocycles. The molecule has 0 atom stereocenters. The molecule has 0 aliphatic carbocycles. The highest BCUT2D eigenvalue weighted by Crippen LogP contribution is 2.30. The standard InChI is InChI=1S/C13H14N2O2/c1-13(2,3)10-8-6-4-5-7-9(8)14-15-11(10)12(16)17/h4-7H,1-3H3,(H,16,17). The molecule has 4 heteroatoms. The zero-order chi connectivity index (χ0) is 12.6. The number of carboxylic acids is 1. The molecule has 0 saturated heterocycles. The van der Waals surface area contributed by atoms with Crippen molar-refractivity contribution in [2.45, 2.75) is 26.2 Å². The molecule has 4 nitrogen and oxygen atoms in total. The summed E-state index contributed by atoms with van der Waals surface area (Å²) >= 11 is 0. The molecular formula is C13H14N2O2. The normalized spacial score (nSPS) is 11.7. The predicted octanol–water partition coefficient (Wildman–Crippen LogP) is 2.63. The fourth-order valence-corrected chi connectivity index (χ4v) is 1.96. The van der Waals surface area contributed by atoms with Gasteiger partial charge in [-0.25, -0.2) is 4.79 Å². The lowest BCUT2D eigenvalue weighted by Crippen LogP contribution is -2.19. The highest BCUT2D eigenvalue weighted by molar-refractivity contribution is 5.94. The Bertz CT molecular complexity index is 585. The Hall–Kier alpha value is -1.97. The maximum Gasteiger partial charge on any atom is 0.356 e. The van der Waals surface area contributed by atoms with E-state index in [-0.39, 0.29) is 11.1 Å². The van der Waals surface area contributed by atoms with Gasteiger partial charge in [0, 0.05) is 10.9 Å². The molecule has 0 unspecified atom stereocenters. The summed E-state index contributed by atoms with van der Waals surface area (Å²) in [6, 6.07) is 7.47. The number of aromatic carboxylic acids is 1. The molecule has 88 valence electrons. The van der Waals surface area contributed by atoms with Gasteiger partial charge < -0.3 is 5.11 Å². The van der Waals surface area contributed by atoms with Crippen molar-refractivity contribution in [1.29, 1.82) is 0 Å². The van der Waals surface area contributed by atoms with E-state index in [4.69, 9.17) is 0 Å². The molecule has 0 fully saturated rings. The summed E-state index contributed by atoms with van der Waals surface area (Å²) in [5, 5.41) is 17.8. The van der Waals surface area contributed by atoms with E-state index in [0.29, 0.717) is 0 Å². The van der Waals surface area contributed by atoms with Gasteiger partial charge in [-0.05, 0) is 11.5 Å². The number of rotatable bonds is 1. The number of nitrogens with zero attached hydrogens (tertiary/aromatic N) is 2. The molecular weight excluding hydrogens is 216 g/mol. The number of hydrogen-bond donors (Lipinski definition) is 1. The molecule has 0 amide bonds. The van der Waals surface area contributed by atoms with Crippen molar-refractivity contribution in [1.82, 2.24) is 10.2 Å². The van der Waals surface area contributed by atoms with Crippen molar-refractivity contribution in [3.05, 3.63) is 35.5 Å². The number of fused-ring (bicyclic) bond motifs is 1. The smallest absolute Gasteiger partial charge is 0.356 e. The highest BCUT2D eigenvalue weighted by atomic mass is 16.4. The van der Waals surface area contributed by atoms with Gasteiger partial charge in [0.15, 0.2) is 5.69 Å². The van der Waals surface area contributed by atoms with E-state index in [1.807, 2.05) is 45.0 Å². The van der Waals surface area contributed by atoms with Crippen LogP contribution in [0.1, 0.15) is 36.8 Å². The van der Waals surface area contributed by atoms with E-state index in [1.165, 1.54) is 0 Å². The van der Waals surface area contributed by atoms with Crippen LogP contribution in [0.5, 0.6) is 0 Å². The third-order valence-electron chi connectivity index (χ3n) is 2.62. The first-order valence-corrected chi connectivity index (χ1v) is 5.40. The third kappa shape index (κ3) is 1.98. The Morgan fingerprint density at radius 1 is 1.18 bits per heavy atom. The van der Waals surface area contributed by atoms with Gasteiger partial charge >= 0.3 is 5.97 Å². The molecule has 0 saturated carbocycles. The zero-order valence-electron chi connectivity index (χ0n) is 10.1. The quantitative estimate of drug-likeness (QED) is 0.818. The number of benzene rings is 1. The van der Waals surface area contributed by atoms with E-state index >= 15 is 0 Å². The van der Waals surface area contributed by atoms with Crippen LogP contribution in [0.15, 0.2) is 24.3 Å². The first kappa shape index (κ1) is 11.5. The summed E-state index contributed by atoms with van der Waals surface area (Å²) in [4.78, 5) is 11.2. The van der Waals surface area contributed by atoms with Crippen LogP contribution in [-0.4, -0.2) is 21.3 Å². The van der Waals surface area contributed by atoms with Gasteiger partial charge in [-0.2, -0.15) is 0 Å². The van der Waals surface area contributed by atoms with Crippen molar-refractivity contribution in [3.8, 4) is 0 Å². The second-order valence-electron chi connectivity index (χ2n) is 5.00. The van der Waals surface area contributed by atoms with Crippen LogP contribution in [0.4, 0.5) is 0 Å². The van der Waals surface area contributed by atoms with Crippen LogP contribution >= 0.6 is 0 Å². The Labute approximate surface area is 99.3 Å². The molecule has 1 aromatic heterocycles. The topological polar surface area (TPSA) is 63.1 Å². The van der Waals surface area contributed by atoms with Crippen molar-refractivity contribution >= 4 is 16.9 Å². The van der Waals surface area contributed by atoms with Gasteiger partial charge in [0.05, 0.1) is 5.52 Å². The predicted molar refractivity (Wildman–Crippen MR) is 65.2 cm³/mol. The Morgan fingerprint density at radius 3 is 2.41 bits per heavy atom. The summed E-state index contributed by atoms with van der Waals surface area (Å²) in [6.07, 6.45) is 0. The lowest BCUT2D eigenvalue weighted by atomic mass is 9.83. The van der Waals surface area contributed by atoms with Gasteiger partial charge in [0.25, 0.3) is 0 Å². The maximum absolute atomic E-state index is 11.2. The molecule has 17 heavy (non-hydrogen) atoms. The molecule has 1 N–H and O–H groups in total. The summed E-state index contributed by atoms with van der Waals surface area (Å²) in [6.45, 7) is 5.93. The minimum Gasteiger partial charge on any atom is -0.476 e. The largest absolute Gasteiger partial charge is 0.476 e. The van der Waals surface area contributed by atoms with Crippen LogP contribution in [0.2, 0.25) is 0 Å². The zero-order valence-corrected chi connectivity index (χ0v) is 10.1. The minimum atomic E-state index is -1.03. The average Bonchev–Trinajstić information content (AvgIpc) is 2.26. The van der Waals surface area contributed by atoms with Gasteiger partial charge in [-0.1, -0.05) is 39.0 Å². The summed E-state index contributed by atoms with van der Waals surface area (Å²) in [7, 11) is 0. The Kier molecular flexibility index (Phi) is 2.58. The van der Waals surface area contributed by atoms with Crippen LogP contribution in [0, 0.1) is 0 Å². The van der Waals surface area contributed by atoms with Gasteiger partial charge in [-0.15, -0.1) is 10.2 Å². The van der Waals surface area contributed by atoms with Crippen molar-refractivity contribution in [2.75, 3.05) is 0 Å². The van der Waals surface area contributed by atoms with Crippen LogP contribution in [0.3, 0.4) is 0 Å². The van der Waals surface area contributed by atoms with Crippen molar-refractivity contribution in [2.24, 2.45) is 0 Å². The fraction of sp³-hybridized carbons (Fsp3) is 0.308.